The molecular formula is C10H19NO2. The second kappa shape index (κ2) is 6.52. The van der Waals surface area contributed by atoms with Crippen LogP contribution in [0.3, 0.4) is 0 Å². The summed E-state index contributed by atoms with van der Waals surface area (Å²) in [5, 5.41) is 0. The highest BCUT2D eigenvalue weighted by Gasteiger charge is 2.08. The molecule has 0 heterocycles. The summed E-state index contributed by atoms with van der Waals surface area (Å²) in [4.78, 5) is 12.9. The molecule has 3 heteroatoms. The van der Waals surface area contributed by atoms with Gasteiger partial charge in [0.05, 0.1) is 0 Å². The summed E-state index contributed by atoms with van der Waals surface area (Å²) in [5.74, 6) is 0. The molecule has 0 aromatic heterocycles. The van der Waals surface area contributed by atoms with E-state index in [1.165, 1.54) is 0 Å². The lowest BCUT2D eigenvalue weighted by molar-refractivity contribution is 0.116. The second-order valence-corrected chi connectivity index (χ2v) is 3.03. The first-order valence-electron chi connectivity index (χ1n) is 4.66. The number of ether oxygens (including phenoxy) is 1. The number of nitrogens with zero attached hydrogens (tertiary/aromatic N) is 1. The van der Waals surface area contributed by atoms with Gasteiger partial charge in [-0.15, -0.1) is 0 Å². The van der Waals surface area contributed by atoms with E-state index < -0.39 is 0 Å². The minimum absolute atomic E-state index is 0.234. The number of amides is 1. The molecule has 0 aromatic rings. The molecule has 0 unspecified atom stereocenters. The Hall–Kier alpha value is -0.990. The van der Waals surface area contributed by atoms with Crippen molar-refractivity contribution in [2.45, 2.75) is 27.7 Å². The normalized spacial score (nSPS) is 9.23. The zero-order chi connectivity index (χ0) is 10.3. The van der Waals surface area contributed by atoms with Crippen molar-refractivity contribution in [2.75, 3.05) is 19.7 Å². The van der Waals surface area contributed by atoms with Crippen LogP contribution in [0.5, 0.6) is 0 Å². The molecule has 3 nitrogen and oxygen atoms in total. The monoisotopic (exact) mass is 185 g/mol. The van der Waals surface area contributed by atoms with Gasteiger partial charge in [0.2, 0.25) is 0 Å². The molecule has 0 fully saturated rings. The van der Waals surface area contributed by atoms with Crippen LogP contribution in [0.15, 0.2) is 11.6 Å². The first-order valence-corrected chi connectivity index (χ1v) is 4.66. The maximum absolute atomic E-state index is 11.3. The Morgan fingerprint density at radius 2 is 1.85 bits per heavy atom. The van der Waals surface area contributed by atoms with Crippen LogP contribution in [0.2, 0.25) is 0 Å². The molecule has 0 aliphatic carbocycles. The molecule has 0 bridgehead atoms. The zero-order valence-electron chi connectivity index (χ0n) is 8.96. The van der Waals surface area contributed by atoms with Gasteiger partial charge in [-0.2, -0.15) is 0 Å². The van der Waals surface area contributed by atoms with Gasteiger partial charge < -0.3 is 9.64 Å². The van der Waals surface area contributed by atoms with E-state index in [0.717, 1.165) is 5.57 Å². The van der Waals surface area contributed by atoms with Crippen molar-refractivity contribution in [1.29, 1.82) is 0 Å². The lowest BCUT2D eigenvalue weighted by Crippen LogP contribution is -2.31. The van der Waals surface area contributed by atoms with Crippen LogP contribution in [0.25, 0.3) is 0 Å². The summed E-state index contributed by atoms with van der Waals surface area (Å²) < 4.78 is 5.01. The van der Waals surface area contributed by atoms with Gasteiger partial charge in [0.25, 0.3) is 0 Å². The standard InChI is InChI=1S/C10H19NO2/c1-5-11(6-2)10(12)13-8-7-9(3)4/h7H,5-6,8H2,1-4H3. The average molecular weight is 185 g/mol. The third-order valence-electron chi connectivity index (χ3n) is 1.72. The van der Waals surface area contributed by atoms with Gasteiger partial charge in [-0.25, -0.2) is 4.79 Å². The van der Waals surface area contributed by atoms with Crippen LogP contribution >= 0.6 is 0 Å². The number of carbonyl (C=O) groups excluding carboxylic acids is 1. The van der Waals surface area contributed by atoms with E-state index in [1.807, 2.05) is 33.8 Å². The van der Waals surface area contributed by atoms with Gasteiger partial charge >= 0.3 is 6.09 Å². The summed E-state index contributed by atoms with van der Waals surface area (Å²) in [6, 6.07) is 0. The third kappa shape index (κ3) is 5.28. The Balaban J connectivity index is 3.79. The summed E-state index contributed by atoms with van der Waals surface area (Å²) >= 11 is 0. The number of rotatable bonds is 4. The fourth-order valence-corrected chi connectivity index (χ4v) is 0.853. The molecule has 1 amide bonds. The van der Waals surface area contributed by atoms with Gasteiger partial charge in [-0.1, -0.05) is 5.57 Å². The van der Waals surface area contributed by atoms with Gasteiger partial charge in [0.15, 0.2) is 0 Å². The quantitative estimate of drug-likeness (QED) is 0.629. The lowest BCUT2D eigenvalue weighted by Gasteiger charge is -2.17. The molecule has 0 rings (SSSR count). The molecule has 0 aliphatic heterocycles. The highest BCUT2D eigenvalue weighted by Crippen LogP contribution is 1.95. The zero-order valence-corrected chi connectivity index (χ0v) is 8.96. The van der Waals surface area contributed by atoms with Crippen molar-refractivity contribution >= 4 is 6.09 Å². The summed E-state index contributed by atoms with van der Waals surface area (Å²) in [7, 11) is 0. The molecule has 0 atom stereocenters. The molecule has 0 radical (unpaired) electrons. The van der Waals surface area contributed by atoms with Crippen molar-refractivity contribution < 1.29 is 9.53 Å². The predicted octanol–water partition coefficient (Wildman–Crippen LogP) is 2.43. The fraction of sp³-hybridized carbons (Fsp3) is 0.700. The van der Waals surface area contributed by atoms with E-state index in [2.05, 4.69) is 0 Å². The van der Waals surface area contributed by atoms with Crippen LogP contribution in [-0.2, 0) is 4.74 Å². The topological polar surface area (TPSA) is 29.5 Å². The number of carbonyl (C=O) groups is 1. The van der Waals surface area contributed by atoms with Crippen LogP contribution in [0.1, 0.15) is 27.7 Å². The van der Waals surface area contributed by atoms with E-state index >= 15 is 0 Å². The number of hydrogen-bond donors (Lipinski definition) is 0. The lowest BCUT2D eigenvalue weighted by atomic mass is 10.3. The molecular weight excluding hydrogens is 166 g/mol. The van der Waals surface area contributed by atoms with Gasteiger partial charge in [-0.3, -0.25) is 0 Å². The Labute approximate surface area is 80.4 Å². The highest BCUT2D eigenvalue weighted by atomic mass is 16.6. The van der Waals surface area contributed by atoms with Crippen LogP contribution < -0.4 is 0 Å². The molecule has 0 spiro atoms. The fourth-order valence-electron chi connectivity index (χ4n) is 0.853. The highest BCUT2D eigenvalue weighted by molar-refractivity contribution is 5.67. The van der Waals surface area contributed by atoms with Crippen molar-refractivity contribution in [3.05, 3.63) is 11.6 Å². The first kappa shape index (κ1) is 12.0. The van der Waals surface area contributed by atoms with Crippen molar-refractivity contribution in [3.8, 4) is 0 Å². The molecule has 0 aromatic carbocycles. The summed E-state index contributed by atoms with van der Waals surface area (Å²) in [5.41, 5.74) is 1.16. The smallest absolute Gasteiger partial charge is 0.410 e. The molecule has 0 saturated carbocycles. The minimum atomic E-state index is -0.234. The summed E-state index contributed by atoms with van der Waals surface area (Å²) in [6.07, 6.45) is 1.66. The Morgan fingerprint density at radius 1 is 1.31 bits per heavy atom. The molecule has 13 heavy (non-hydrogen) atoms. The van der Waals surface area contributed by atoms with Crippen LogP contribution in [0, 0.1) is 0 Å². The number of allylic oxidation sites excluding steroid dienone is 1. The van der Waals surface area contributed by atoms with Crippen molar-refractivity contribution in [3.63, 3.8) is 0 Å². The van der Waals surface area contributed by atoms with Crippen molar-refractivity contribution in [2.24, 2.45) is 0 Å². The van der Waals surface area contributed by atoms with E-state index in [4.69, 9.17) is 4.74 Å². The second-order valence-electron chi connectivity index (χ2n) is 3.03. The average Bonchev–Trinajstić information content (AvgIpc) is 2.05. The third-order valence-corrected chi connectivity index (χ3v) is 1.72. The molecule has 0 aliphatic rings. The van der Waals surface area contributed by atoms with E-state index in [0.29, 0.717) is 19.7 Å². The summed E-state index contributed by atoms with van der Waals surface area (Å²) in [6.45, 7) is 9.60. The van der Waals surface area contributed by atoms with Crippen LogP contribution in [0.4, 0.5) is 4.79 Å². The maximum atomic E-state index is 11.3. The van der Waals surface area contributed by atoms with Gasteiger partial charge in [0.1, 0.15) is 6.61 Å². The largest absolute Gasteiger partial charge is 0.445 e. The van der Waals surface area contributed by atoms with Gasteiger partial charge in [-0.05, 0) is 33.8 Å². The first-order chi connectivity index (χ1) is 6.11. The minimum Gasteiger partial charge on any atom is -0.445 e. The Kier molecular flexibility index (Phi) is 6.02. The van der Waals surface area contributed by atoms with E-state index in [-0.39, 0.29) is 6.09 Å². The molecule has 0 saturated heterocycles. The number of hydrogen-bond acceptors (Lipinski definition) is 2. The SMILES string of the molecule is CCN(CC)C(=O)OCC=C(C)C. The molecule has 76 valence electrons. The van der Waals surface area contributed by atoms with Crippen LogP contribution in [-0.4, -0.2) is 30.7 Å². The maximum Gasteiger partial charge on any atom is 0.410 e. The van der Waals surface area contributed by atoms with Crippen molar-refractivity contribution in [1.82, 2.24) is 4.90 Å². The molecule has 0 N–H and O–H groups in total. The predicted molar refractivity (Wildman–Crippen MR) is 53.7 cm³/mol. The van der Waals surface area contributed by atoms with Gasteiger partial charge in [0, 0.05) is 13.1 Å². The van der Waals surface area contributed by atoms with E-state index in [1.54, 1.807) is 4.90 Å². The van der Waals surface area contributed by atoms with E-state index in [9.17, 15) is 4.79 Å². The Morgan fingerprint density at radius 3 is 2.23 bits per heavy atom. The Bertz CT molecular complexity index is 179.